The largest absolute Gasteiger partial charge is 0.481 e. The third-order valence-corrected chi connectivity index (χ3v) is 4.36. The Kier molecular flexibility index (Phi) is 3.01. The number of anilines is 1. The molecule has 1 fully saturated rings. The Balaban J connectivity index is 1.68. The van der Waals surface area contributed by atoms with Gasteiger partial charge in [-0.25, -0.2) is 0 Å². The van der Waals surface area contributed by atoms with Crippen molar-refractivity contribution in [2.75, 3.05) is 11.4 Å². The molecule has 1 aliphatic carbocycles. The van der Waals surface area contributed by atoms with Gasteiger partial charge < -0.3 is 10.0 Å². The molecular formula is C15H17NO3. The molecule has 0 radical (unpaired) electrons. The number of benzene rings is 1. The number of carboxylic acids is 1. The third-order valence-electron chi connectivity index (χ3n) is 4.36. The van der Waals surface area contributed by atoms with Crippen molar-refractivity contribution in [3.05, 3.63) is 29.8 Å². The first kappa shape index (κ1) is 12.2. The minimum atomic E-state index is -0.758. The molecule has 1 aromatic carbocycles. The van der Waals surface area contributed by atoms with Crippen LogP contribution in [-0.4, -0.2) is 23.5 Å². The van der Waals surface area contributed by atoms with Crippen LogP contribution in [0.5, 0.6) is 0 Å². The van der Waals surface area contributed by atoms with Gasteiger partial charge in [-0.3, -0.25) is 9.59 Å². The molecule has 0 spiro atoms. The summed E-state index contributed by atoms with van der Waals surface area (Å²) in [5.74, 6) is -0.980. The summed E-state index contributed by atoms with van der Waals surface area (Å²) in [5, 5.41) is 9.01. The van der Waals surface area contributed by atoms with E-state index in [-0.39, 0.29) is 17.7 Å². The van der Waals surface area contributed by atoms with Crippen LogP contribution in [0.3, 0.4) is 0 Å². The number of nitrogens with zero attached hydrogens (tertiary/aromatic N) is 1. The van der Waals surface area contributed by atoms with E-state index >= 15 is 0 Å². The second-order valence-corrected chi connectivity index (χ2v) is 5.41. The second-order valence-electron chi connectivity index (χ2n) is 5.41. The van der Waals surface area contributed by atoms with Gasteiger partial charge in [0.15, 0.2) is 0 Å². The number of carbonyl (C=O) groups excluding carboxylic acids is 1. The molecule has 3 rings (SSSR count). The summed E-state index contributed by atoms with van der Waals surface area (Å²) in [6.07, 6.45) is 2.84. The lowest BCUT2D eigenvalue weighted by Gasteiger charge is -2.34. The fourth-order valence-corrected chi connectivity index (χ4v) is 3.07. The summed E-state index contributed by atoms with van der Waals surface area (Å²) >= 11 is 0. The van der Waals surface area contributed by atoms with E-state index in [4.69, 9.17) is 5.11 Å². The maximum Gasteiger partial charge on any atom is 0.306 e. The van der Waals surface area contributed by atoms with E-state index < -0.39 is 5.97 Å². The molecule has 0 aromatic heterocycles. The summed E-state index contributed by atoms with van der Waals surface area (Å²) in [6, 6.07) is 7.94. The van der Waals surface area contributed by atoms with Gasteiger partial charge in [-0.2, -0.15) is 0 Å². The van der Waals surface area contributed by atoms with E-state index in [2.05, 4.69) is 0 Å². The lowest BCUT2D eigenvalue weighted by molar-refractivity contribution is -0.148. The molecule has 1 saturated carbocycles. The van der Waals surface area contributed by atoms with E-state index in [0.717, 1.165) is 25.1 Å². The number of hydrogen-bond acceptors (Lipinski definition) is 2. The maximum atomic E-state index is 12.3. The zero-order chi connectivity index (χ0) is 13.4. The standard InChI is InChI=1S/C15H17NO3/c17-14(9-11-5-6-12(11)15(18)19)16-8-7-10-3-1-2-4-13(10)16/h1-4,11-12H,5-9H2,(H,18,19)/t11-,12-/m1/s1. The van der Waals surface area contributed by atoms with Crippen molar-refractivity contribution >= 4 is 17.6 Å². The van der Waals surface area contributed by atoms with Crippen molar-refractivity contribution in [2.45, 2.75) is 25.7 Å². The number of aliphatic carboxylic acids is 1. The number of amides is 1. The van der Waals surface area contributed by atoms with Crippen LogP contribution in [-0.2, 0) is 16.0 Å². The summed E-state index contributed by atoms with van der Waals surface area (Å²) in [5.41, 5.74) is 2.21. The van der Waals surface area contributed by atoms with Crippen molar-refractivity contribution in [1.29, 1.82) is 0 Å². The molecule has 0 unspecified atom stereocenters. The number of para-hydroxylation sites is 1. The maximum absolute atomic E-state index is 12.3. The zero-order valence-electron chi connectivity index (χ0n) is 10.7. The highest BCUT2D eigenvalue weighted by Crippen LogP contribution is 2.38. The van der Waals surface area contributed by atoms with Crippen molar-refractivity contribution < 1.29 is 14.7 Å². The predicted molar refractivity (Wildman–Crippen MR) is 71.0 cm³/mol. The van der Waals surface area contributed by atoms with Crippen LogP contribution in [0.4, 0.5) is 5.69 Å². The third kappa shape index (κ3) is 2.11. The van der Waals surface area contributed by atoms with E-state index in [1.807, 2.05) is 29.2 Å². The lowest BCUT2D eigenvalue weighted by Crippen LogP contribution is -2.38. The van der Waals surface area contributed by atoms with Gasteiger partial charge in [0.2, 0.25) is 5.91 Å². The van der Waals surface area contributed by atoms with Gasteiger partial charge >= 0.3 is 5.97 Å². The lowest BCUT2D eigenvalue weighted by atomic mass is 9.72. The normalized spacial score (nSPS) is 24.7. The minimum absolute atomic E-state index is 0.0257. The molecule has 1 aliphatic heterocycles. The van der Waals surface area contributed by atoms with Crippen molar-refractivity contribution in [3.63, 3.8) is 0 Å². The summed E-state index contributed by atoms with van der Waals surface area (Å²) in [4.78, 5) is 25.1. The van der Waals surface area contributed by atoms with Crippen LogP contribution in [0.25, 0.3) is 0 Å². The Bertz CT molecular complexity index is 526. The number of hydrogen-bond donors (Lipinski definition) is 1. The molecule has 1 amide bonds. The molecule has 0 bridgehead atoms. The van der Waals surface area contributed by atoms with E-state index in [9.17, 15) is 9.59 Å². The predicted octanol–water partition coefficient (Wildman–Crippen LogP) is 2.08. The summed E-state index contributed by atoms with van der Waals surface area (Å²) in [6.45, 7) is 0.725. The Morgan fingerprint density at radius 3 is 2.74 bits per heavy atom. The minimum Gasteiger partial charge on any atom is -0.481 e. The first-order valence-corrected chi connectivity index (χ1v) is 6.78. The molecule has 1 heterocycles. The monoisotopic (exact) mass is 259 g/mol. The average molecular weight is 259 g/mol. The average Bonchev–Trinajstić information content (AvgIpc) is 2.77. The Hall–Kier alpha value is -1.84. The second kappa shape index (κ2) is 4.68. The molecule has 1 aromatic rings. The fourth-order valence-electron chi connectivity index (χ4n) is 3.07. The molecule has 100 valence electrons. The molecule has 19 heavy (non-hydrogen) atoms. The van der Waals surface area contributed by atoms with Gasteiger partial charge in [-0.15, -0.1) is 0 Å². The number of carboxylic acid groups (broad SMARTS) is 1. The highest BCUT2D eigenvalue weighted by atomic mass is 16.4. The SMILES string of the molecule is O=C(O)[C@@H]1CC[C@@H]1CC(=O)N1CCc2ccccc21. The Labute approximate surface area is 112 Å². The quantitative estimate of drug-likeness (QED) is 0.904. The van der Waals surface area contributed by atoms with Crippen LogP contribution >= 0.6 is 0 Å². The van der Waals surface area contributed by atoms with Crippen LogP contribution in [0.1, 0.15) is 24.8 Å². The fraction of sp³-hybridized carbons (Fsp3) is 0.467. The summed E-state index contributed by atoms with van der Waals surface area (Å²) in [7, 11) is 0. The molecule has 4 nitrogen and oxygen atoms in total. The first-order chi connectivity index (χ1) is 9.16. The number of carbonyl (C=O) groups is 2. The smallest absolute Gasteiger partial charge is 0.306 e. The van der Waals surface area contributed by atoms with E-state index in [1.165, 1.54) is 5.56 Å². The van der Waals surface area contributed by atoms with E-state index in [0.29, 0.717) is 12.8 Å². The molecule has 2 atom stereocenters. The van der Waals surface area contributed by atoms with Crippen molar-refractivity contribution in [1.82, 2.24) is 0 Å². The summed E-state index contributed by atoms with van der Waals surface area (Å²) < 4.78 is 0. The number of fused-ring (bicyclic) bond motifs is 1. The molecule has 0 saturated heterocycles. The highest BCUT2D eigenvalue weighted by molar-refractivity contribution is 5.95. The molecule has 4 heteroatoms. The van der Waals surface area contributed by atoms with Gasteiger partial charge in [-0.1, -0.05) is 18.2 Å². The van der Waals surface area contributed by atoms with Gasteiger partial charge in [0, 0.05) is 18.7 Å². The number of rotatable bonds is 3. The topological polar surface area (TPSA) is 57.6 Å². The van der Waals surface area contributed by atoms with Crippen LogP contribution in [0.2, 0.25) is 0 Å². The zero-order valence-corrected chi connectivity index (χ0v) is 10.7. The first-order valence-electron chi connectivity index (χ1n) is 6.78. The van der Waals surface area contributed by atoms with Crippen molar-refractivity contribution in [3.8, 4) is 0 Å². The van der Waals surface area contributed by atoms with Crippen molar-refractivity contribution in [2.24, 2.45) is 11.8 Å². The van der Waals surface area contributed by atoms with Crippen LogP contribution in [0.15, 0.2) is 24.3 Å². The molecular weight excluding hydrogens is 242 g/mol. The van der Waals surface area contributed by atoms with Gasteiger partial charge in [-0.05, 0) is 36.8 Å². The molecule has 2 aliphatic rings. The Morgan fingerprint density at radius 1 is 1.26 bits per heavy atom. The van der Waals surface area contributed by atoms with Gasteiger partial charge in [0.25, 0.3) is 0 Å². The Morgan fingerprint density at radius 2 is 2.05 bits per heavy atom. The van der Waals surface area contributed by atoms with Crippen LogP contribution < -0.4 is 4.90 Å². The molecule has 1 N–H and O–H groups in total. The van der Waals surface area contributed by atoms with Gasteiger partial charge in [0.05, 0.1) is 5.92 Å². The van der Waals surface area contributed by atoms with E-state index in [1.54, 1.807) is 0 Å². The van der Waals surface area contributed by atoms with Crippen LogP contribution in [0, 0.1) is 11.8 Å². The van der Waals surface area contributed by atoms with Gasteiger partial charge in [0.1, 0.15) is 0 Å². The highest BCUT2D eigenvalue weighted by Gasteiger charge is 2.39.